The van der Waals surface area contributed by atoms with Gasteiger partial charge in [-0.25, -0.2) is 0 Å². The number of nitrogens with one attached hydrogen (secondary N) is 1. The van der Waals surface area contributed by atoms with Crippen LogP contribution in [0.5, 0.6) is 0 Å². The zero-order valence-electron chi connectivity index (χ0n) is 14.7. The van der Waals surface area contributed by atoms with E-state index >= 15 is 0 Å². The summed E-state index contributed by atoms with van der Waals surface area (Å²) in [4.78, 5) is 11.9. The third kappa shape index (κ3) is 5.83. The number of hydrogen-bond donors (Lipinski definition) is 1. The summed E-state index contributed by atoms with van der Waals surface area (Å²) in [7, 11) is 0. The molecule has 0 bridgehead atoms. The summed E-state index contributed by atoms with van der Waals surface area (Å²) in [5, 5.41) is 12.6. The lowest BCUT2D eigenvalue weighted by atomic mass is 10.0. The molecule has 1 fully saturated rings. The number of aromatic nitrogens is 3. The lowest BCUT2D eigenvalue weighted by Gasteiger charge is -2.12. The van der Waals surface area contributed by atoms with Crippen molar-refractivity contribution >= 4 is 17.7 Å². The fraction of sp³-hybridized carbons (Fsp3) is 0.824. The molecule has 0 atom stereocenters. The van der Waals surface area contributed by atoms with Crippen molar-refractivity contribution in [1.29, 1.82) is 0 Å². The van der Waals surface area contributed by atoms with E-state index in [1.807, 2.05) is 6.26 Å². The number of nitrogens with zero attached hydrogens (tertiary/aromatic N) is 3. The molecule has 0 aromatic carbocycles. The first-order chi connectivity index (χ1) is 11.1. The van der Waals surface area contributed by atoms with E-state index in [0.29, 0.717) is 18.3 Å². The maximum Gasteiger partial charge on any atom is 0.220 e. The minimum absolute atomic E-state index is 0.213. The second-order valence-corrected chi connectivity index (χ2v) is 7.69. The Hall–Kier alpha value is -1.04. The van der Waals surface area contributed by atoms with Crippen molar-refractivity contribution in [3.63, 3.8) is 0 Å². The molecule has 1 amide bonds. The van der Waals surface area contributed by atoms with Gasteiger partial charge in [-0.1, -0.05) is 38.5 Å². The summed E-state index contributed by atoms with van der Waals surface area (Å²) in [5.74, 6) is 2.44. The van der Waals surface area contributed by atoms with Gasteiger partial charge in [0.15, 0.2) is 5.16 Å². The molecule has 0 aliphatic heterocycles. The summed E-state index contributed by atoms with van der Waals surface area (Å²) in [6.07, 6.45) is 9.56. The normalized spacial score (nSPS) is 15.5. The van der Waals surface area contributed by atoms with Crippen LogP contribution in [0.1, 0.15) is 58.2 Å². The van der Waals surface area contributed by atoms with Crippen molar-refractivity contribution in [2.24, 2.45) is 11.8 Å². The van der Waals surface area contributed by atoms with Crippen LogP contribution in [0, 0.1) is 11.8 Å². The Balaban J connectivity index is 1.73. The van der Waals surface area contributed by atoms with Crippen molar-refractivity contribution in [2.45, 2.75) is 70.5 Å². The van der Waals surface area contributed by atoms with Crippen LogP contribution in [-0.2, 0) is 17.8 Å². The van der Waals surface area contributed by atoms with Crippen molar-refractivity contribution in [3.05, 3.63) is 5.82 Å². The van der Waals surface area contributed by atoms with E-state index in [0.717, 1.165) is 36.9 Å². The van der Waals surface area contributed by atoms with E-state index in [1.54, 1.807) is 11.8 Å². The highest BCUT2D eigenvalue weighted by atomic mass is 32.2. The number of rotatable bonds is 9. The van der Waals surface area contributed by atoms with E-state index in [2.05, 4.69) is 33.9 Å². The van der Waals surface area contributed by atoms with Crippen LogP contribution in [0.2, 0.25) is 0 Å². The Kier molecular flexibility index (Phi) is 7.40. The van der Waals surface area contributed by atoms with Crippen LogP contribution in [0.3, 0.4) is 0 Å². The molecule has 0 spiro atoms. The van der Waals surface area contributed by atoms with Gasteiger partial charge in [0.25, 0.3) is 0 Å². The predicted molar refractivity (Wildman–Crippen MR) is 94.5 cm³/mol. The second kappa shape index (κ2) is 9.30. The minimum atomic E-state index is 0.213. The fourth-order valence-corrected chi connectivity index (χ4v) is 3.75. The van der Waals surface area contributed by atoms with Crippen molar-refractivity contribution in [3.8, 4) is 0 Å². The van der Waals surface area contributed by atoms with E-state index in [-0.39, 0.29) is 5.91 Å². The number of aryl methyl sites for hydroxylation is 1. The molecule has 0 unspecified atom stereocenters. The molecule has 1 aliphatic carbocycles. The zero-order chi connectivity index (χ0) is 16.7. The SMILES string of the molecule is CSc1nnc(CCCNC(=O)CC2CCCC2)n1CC(C)C. The molecule has 23 heavy (non-hydrogen) atoms. The third-order valence-corrected chi connectivity index (χ3v) is 5.04. The number of hydrogen-bond acceptors (Lipinski definition) is 4. The Bertz CT molecular complexity index is 495. The van der Waals surface area contributed by atoms with E-state index < -0.39 is 0 Å². The van der Waals surface area contributed by atoms with Gasteiger partial charge in [0, 0.05) is 25.9 Å². The third-order valence-electron chi connectivity index (χ3n) is 4.37. The largest absolute Gasteiger partial charge is 0.356 e. The molecule has 1 N–H and O–H groups in total. The molecule has 1 aliphatic rings. The van der Waals surface area contributed by atoms with E-state index in [4.69, 9.17) is 0 Å². The van der Waals surface area contributed by atoms with Gasteiger partial charge in [-0.2, -0.15) is 0 Å². The van der Waals surface area contributed by atoms with Crippen molar-refractivity contribution in [2.75, 3.05) is 12.8 Å². The van der Waals surface area contributed by atoms with Gasteiger partial charge in [-0.3, -0.25) is 4.79 Å². The fourth-order valence-electron chi connectivity index (χ4n) is 3.23. The molecule has 0 saturated heterocycles. The first kappa shape index (κ1) is 18.3. The van der Waals surface area contributed by atoms with Gasteiger partial charge < -0.3 is 9.88 Å². The van der Waals surface area contributed by atoms with E-state index in [9.17, 15) is 4.79 Å². The lowest BCUT2D eigenvalue weighted by molar-refractivity contribution is -0.121. The van der Waals surface area contributed by atoms with Crippen LogP contribution >= 0.6 is 11.8 Å². The van der Waals surface area contributed by atoms with Crippen LogP contribution in [0.15, 0.2) is 5.16 Å². The minimum Gasteiger partial charge on any atom is -0.356 e. The Morgan fingerprint density at radius 2 is 2.09 bits per heavy atom. The molecule has 1 heterocycles. The highest BCUT2D eigenvalue weighted by Gasteiger charge is 2.18. The topological polar surface area (TPSA) is 59.8 Å². The predicted octanol–water partition coefficient (Wildman–Crippen LogP) is 3.29. The summed E-state index contributed by atoms with van der Waals surface area (Å²) >= 11 is 1.64. The molecule has 1 aromatic rings. The zero-order valence-corrected chi connectivity index (χ0v) is 15.5. The molecule has 5 nitrogen and oxygen atoms in total. The number of amides is 1. The Morgan fingerprint density at radius 3 is 2.74 bits per heavy atom. The molecule has 2 rings (SSSR count). The molecule has 0 radical (unpaired) electrons. The second-order valence-electron chi connectivity index (χ2n) is 6.92. The van der Waals surface area contributed by atoms with Crippen LogP contribution < -0.4 is 5.32 Å². The van der Waals surface area contributed by atoms with Gasteiger partial charge in [0.1, 0.15) is 5.82 Å². The molecule has 1 saturated carbocycles. The molecule has 1 aromatic heterocycles. The first-order valence-corrected chi connectivity index (χ1v) is 10.1. The average molecular weight is 339 g/mol. The van der Waals surface area contributed by atoms with Crippen LogP contribution in [0.25, 0.3) is 0 Å². The molecular weight excluding hydrogens is 308 g/mol. The summed E-state index contributed by atoms with van der Waals surface area (Å²) in [5.41, 5.74) is 0. The average Bonchev–Trinajstić information content (AvgIpc) is 3.13. The van der Waals surface area contributed by atoms with Gasteiger partial charge in [-0.15, -0.1) is 10.2 Å². The van der Waals surface area contributed by atoms with Gasteiger partial charge in [-0.05, 0) is 37.4 Å². The first-order valence-electron chi connectivity index (χ1n) is 8.83. The molecule has 6 heteroatoms. The van der Waals surface area contributed by atoms with Gasteiger partial charge in [0.2, 0.25) is 5.91 Å². The van der Waals surface area contributed by atoms with E-state index in [1.165, 1.54) is 25.7 Å². The molecular formula is C17H30N4OS. The van der Waals surface area contributed by atoms with Gasteiger partial charge in [0.05, 0.1) is 0 Å². The molecule has 130 valence electrons. The highest BCUT2D eigenvalue weighted by Crippen LogP contribution is 2.27. The highest BCUT2D eigenvalue weighted by molar-refractivity contribution is 7.98. The maximum atomic E-state index is 11.9. The Labute approximate surface area is 144 Å². The van der Waals surface area contributed by atoms with Crippen molar-refractivity contribution < 1.29 is 4.79 Å². The monoisotopic (exact) mass is 338 g/mol. The standard InChI is InChI=1S/C17H30N4OS/c1-13(2)12-21-15(19-20-17(21)23-3)9-6-10-18-16(22)11-14-7-4-5-8-14/h13-14H,4-12H2,1-3H3,(H,18,22). The lowest BCUT2D eigenvalue weighted by Crippen LogP contribution is -2.26. The smallest absolute Gasteiger partial charge is 0.220 e. The van der Waals surface area contributed by atoms with Gasteiger partial charge >= 0.3 is 0 Å². The van der Waals surface area contributed by atoms with Crippen LogP contribution in [-0.4, -0.2) is 33.5 Å². The number of carbonyl (C=O) groups excluding carboxylic acids is 1. The van der Waals surface area contributed by atoms with Crippen LogP contribution in [0.4, 0.5) is 0 Å². The quantitative estimate of drug-likeness (QED) is 0.554. The summed E-state index contributed by atoms with van der Waals surface area (Å²) in [6, 6.07) is 0. The number of thioether (sulfide) groups is 1. The maximum absolute atomic E-state index is 11.9. The van der Waals surface area contributed by atoms with Crippen molar-refractivity contribution in [1.82, 2.24) is 20.1 Å². The Morgan fingerprint density at radius 1 is 1.35 bits per heavy atom. The summed E-state index contributed by atoms with van der Waals surface area (Å²) < 4.78 is 2.22. The summed E-state index contributed by atoms with van der Waals surface area (Å²) in [6.45, 7) is 6.09. The number of carbonyl (C=O) groups is 1.